The Labute approximate surface area is 183 Å². The average molecular weight is 450 g/mol. The molecule has 3 amide bonds. The number of urea groups is 1. The zero-order valence-corrected chi connectivity index (χ0v) is 19.8. The molecule has 1 heterocycles. The van der Waals surface area contributed by atoms with Gasteiger partial charge in [0.25, 0.3) is 15.9 Å². The Hall–Kier alpha value is -2.88. The van der Waals surface area contributed by atoms with E-state index in [1.165, 1.54) is 7.05 Å². The van der Waals surface area contributed by atoms with E-state index in [-0.39, 0.29) is 23.6 Å². The summed E-state index contributed by atoms with van der Waals surface area (Å²) in [6, 6.07) is 5.84. The molecule has 0 radical (unpaired) electrons. The van der Waals surface area contributed by atoms with Gasteiger partial charge in [0.05, 0.1) is 0 Å². The fraction of sp³-hybridized carbons (Fsp3) is 0.476. The number of aryl methyl sites for hydroxylation is 1. The zero-order chi connectivity index (χ0) is 23.5. The van der Waals surface area contributed by atoms with Crippen molar-refractivity contribution in [3.63, 3.8) is 0 Å². The van der Waals surface area contributed by atoms with Gasteiger partial charge in [-0.2, -0.15) is 13.5 Å². The molecule has 1 aromatic heterocycles. The van der Waals surface area contributed by atoms with Crippen LogP contribution in [0.4, 0.5) is 10.5 Å². The van der Waals surface area contributed by atoms with Crippen LogP contribution in [-0.2, 0) is 17.1 Å². The van der Waals surface area contributed by atoms with E-state index in [2.05, 4.69) is 15.7 Å². The lowest BCUT2D eigenvalue weighted by molar-refractivity contribution is 0.0933. The number of hydrogen-bond acceptors (Lipinski definition) is 5. The molecule has 3 N–H and O–H groups in total. The Balaban J connectivity index is 2.28. The van der Waals surface area contributed by atoms with Crippen LogP contribution in [-0.4, -0.2) is 36.2 Å². The summed E-state index contributed by atoms with van der Waals surface area (Å²) >= 11 is 0. The molecule has 10 heteroatoms. The highest BCUT2D eigenvalue weighted by atomic mass is 32.2. The third-order valence-corrected chi connectivity index (χ3v) is 5.83. The number of sulfonamides is 1. The number of benzene rings is 1. The van der Waals surface area contributed by atoms with Crippen molar-refractivity contribution in [3.05, 3.63) is 41.1 Å². The summed E-state index contributed by atoms with van der Waals surface area (Å²) in [6.07, 6.45) is 0. The number of aromatic nitrogens is 2. The summed E-state index contributed by atoms with van der Waals surface area (Å²) in [5.41, 5.74) is 2.48. The van der Waals surface area contributed by atoms with Gasteiger partial charge in [0, 0.05) is 24.8 Å². The van der Waals surface area contributed by atoms with E-state index in [0.29, 0.717) is 5.69 Å². The van der Waals surface area contributed by atoms with E-state index in [1.807, 2.05) is 50.6 Å². The van der Waals surface area contributed by atoms with Crippen LogP contribution in [0.3, 0.4) is 0 Å². The van der Waals surface area contributed by atoms with Crippen molar-refractivity contribution >= 4 is 27.6 Å². The fourth-order valence-electron chi connectivity index (χ4n) is 3.13. The molecule has 0 fully saturated rings. The average Bonchev–Trinajstić information content (AvgIpc) is 3.03. The van der Waals surface area contributed by atoms with E-state index in [0.717, 1.165) is 21.9 Å². The van der Waals surface area contributed by atoms with Crippen molar-refractivity contribution in [3.8, 4) is 0 Å². The minimum absolute atomic E-state index is 0.0710. The molecule has 0 saturated heterocycles. The van der Waals surface area contributed by atoms with Crippen LogP contribution in [0.1, 0.15) is 75.0 Å². The third-order valence-electron chi connectivity index (χ3n) is 4.62. The Kier molecular flexibility index (Phi) is 7.48. The molecule has 0 aliphatic carbocycles. The Morgan fingerprint density at radius 3 is 2.03 bits per heavy atom. The van der Waals surface area contributed by atoms with E-state index in [9.17, 15) is 18.0 Å². The lowest BCUT2D eigenvalue weighted by Gasteiger charge is -2.20. The second-order valence-electron chi connectivity index (χ2n) is 8.30. The SMILES string of the molecule is CC(C)NC(=O)c1cc(S(=O)(=O)NC(=O)Nc2c(C(C)C)cccc2C(C)C)nn1C. The summed E-state index contributed by atoms with van der Waals surface area (Å²) < 4.78 is 28.6. The summed E-state index contributed by atoms with van der Waals surface area (Å²) in [5.74, 6) is -0.199. The maximum Gasteiger partial charge on any atom is 0.333 e. The minimum Gasteiger partial charge on any atom is -0.349 e. The van der Waals surface area contributed by atoms with E-state index >= 15 is 0 Å². The van der Waals surface area contributed by atoms with Crippen LogP contribution in [0, 0.1) is 0 Å². The summed E-state index contributed by atoms with van der Waals surface area (Å²) in [6.45, 7) is 11.6. The van der Waals surface area contributed by atoms with Gasteiger partial charge < -0.3 is 10.6 Å². The number of nitrogens with one attached hydrogen (secondary N) is 3. The summed E-state index contributed by atoms with van der Waals surface area (Å²) in [7, 11) is -2.82. The van der Waals surface area contributed by atoms with Crippen molar-refractivity contribution < 1.29 is 18.0 Å². The molecule has 170 valence electrons. The highest BCUT2D eigenvalue weighted by molar-refractivity contribution is 7.90. The van der Waals surface area contributed by atoms with Crippen LogP contribution in [0.5, 0.6) is 0 Å². The number of amides is 3. The van der Waals surface area contributed by atoms with Crippen molar-refractivity contribution in [2.24, 2.45) is 7.05 Å². The van der Waals surface area contributed by atoms with Gasteiger partial charge in [0.15, 0.2) is 5.03 Å². The van der Waals surface area contributed by atoms with Crippen molar-refractivity contribution in [2.45, 2.75) is 64.4 Å². The van der Waals surface area contributed by atoms with Gasteiger partial charge in [-0.25, -0.2) is 9.52 Å². The second kappa shape index (κ2) is 9.51. The molecule has 9 nitrogen and oxygen atoms in total. The molecule has 31 heavy (non-hydrogen) atoms. The normalized spacial score (nSPS) is 11.8. The monoisotopic (exact) mass is 449 g/mol. The summed E-state index contributed by atoms with van der Waals surface area (Å²) in [5, 5.41) is 8.84. The molecular formula is C21H31N5O4S. The Morgan fingerprint density at radius 1 is 1.00 bits per heavy atom. The molecule has 0 aliphatic heterocycles. The predicted molar refractivity (Wildman–Crippen MR) is 120 cm³/mol. The van der Waals surface area contributed by atoms with Gasteiger partial charge in [-0.05, 0) is 36.8 Å². The number of anilines is 1. The number of carbonyl (C=O) groups excluding carboxylic acids is 2. The molecule has 0 bridgehead atoms. The van der Waals surface area contributed by atoms with Gasteiger partial charge in [-0.15, -0.1) is 0 Å². The van der Waals surface area contributed by atoms with Crippen molar-refractivity contribution in [1.29, 1.82) is 0 Å². The molecule has 2 rings (SSSR count). The standard InChI is InChI=1S/C21H31N5O4S/c1-12(2)15-9-8-10-16(13(3)4)19(15)23-21(28)25-31(29,30)18-11-17(26(7)24-18)20(27)22-14(5)6/h8-14H,1-7H3,(H,22,27)(H2,23,25,28). The molecule has 0 spiro atoms. The fourth-order valence-corrected chi connectivity index (χ4v) is 4.03. The highest BCUT2D eigenvalue weighted by Gasteiger charge is 2.25. The third kappa shape index (κ3) is 5.84. The first-order valence-electron chi connectivity index (χ1n) is 10.1. The van der Waals surface area contributed by atoms with E-state index in [4.69, 9.17) is 0 Å². The van der Waals surface area contributed by atoms with Crippen molar-refractivity contribution in [2.75, 3.05) is 5.32 Å². The van der Waals surface area contributed by atoms with E-state index in [1.54, 1.807) is 13.8 Å². The smallest absolute Gasteiger partial charge is 0.333 e. The first kappa shape index (κ1) is 24.4. The molecular weight excluding hydrogens is 418 g/mol. The number of carbonyl (C=O) groups is 2. The number of para-hydroxylation sites is 1. The van der Waals surface area contributed by atoms with Crippen LogP contribution in [0.15, 0.2) is 29.3 Å². The van der Waals surface area contributed by atoms with Gasteiger partial charge in [-0.1, -0.05) is 45.9 Å². The molecule has 0 saturated carbocycles. The quantitative estimate of drug-likeness (QED) is 0.598. The molecule has 1 aromatic carbocycles. The van der Waals surface area contributed by atoms with Crippen molar-refractivity contribution in [1.82, 2.24) is 19.8 Å². The molecule has 0 aliphatic rings. The van der Waals surface area contributed by atoms with Gasteiger partial charge in [0.1, 0.15) is 5.69 Å². The lowest BCUT2D eigenvalue weighted by Crippen LogP contribution is -2.35. The number of rotatable bonds is 7. The van der Waals surface area contributed by atoms with Crippen LogP contribution >= 0.6 is 0 Å². The van der Waals surface area contributed by atoms with Gasteiger partial charge >= 0.3 is 6.03 Å². The zero-order valence-electron chi connectivity index (χ0n) is 19.0. The lowest BCUT2D eigenvalue weighted by atomic mass is 9.93. The maximum atomic E-state index is 12.7. The highest BCUT2D eigenvalue weighted by Crippen LogP contribution is 2.32. The minimum atomic E-state index is -4.28. The topological polar surface area (TPSA) is 122 Å². The number of hydrogen-bond donors (Lipinski definition) is 3. The predicted octanol–water partition coefficient (Wildman–Crippen LogP) is 3.32. The largest absolute Gasteiger partial charge is 0.349 e. The first-order chi connectivity index (χ1) is 14.3. The van der Waals surface area contributed by atoms with Crippen LogP contribution in [0.2, 0.25) is 0 Å². The van der Waals surface area contributed by atoms with Crippen LogP contribution < -0.4 is 15.4 Å². The Morgan fingerprint density at radius 2 is 1.55 bits per heavy atom. The molecule has 2 aromatic rings. The molecule has 0 atom stereocenters. The van der Waals surface area contributed by atoms with E-state index < -0.39 is 27.0 Å². The second-order valence-corrected chi connectivity index (χ2v) is 9.93. The van der Waals surface area contributed by atoms with Crippen LogP contribution in [0.25, 0.3) is 0 Å². The first-order valence-corrected chi connectivity index (χ1v) is 11.6. The maximum absolute atomic E-state index is 12.7. The number of nitrogens with zero attached hydrogens (tertiary/aromatic N) is 2. The summed E-state index contributed by atoms with van der Waals surface area (Å²) in [4.78, 5) is 24.8. The Bertz CT molecular complexity index is 1050. The molecule has 0 unspecified atom stereocenters. The van der Waals surface area contributed by atoms with Gasteiger partial charge in [-0.3, -0.25) is 9.48 Å². The van der Waals surface area contributed by atoms with Gasteiger partial charge in [0.2, 0.25) is 0 Å².